The van der Waals surface area contributed by atoms with Gasteiger partial charge in [0.15, 0.2) is 0 Å². The van der Waals surface area contributed by atoms with Gasteiger partial charge in [-0.25, -0.2) is 18.0 Å². The highest BCUT2D eigenvalue weighted by Crippen LogP contribution is 2.46. The Balaban J connectivity index is 1.14. The number of nitrogens with zero attached hydrogens (tertiary/aromatic N) is 2. The number of allylic oxidation sites excluding steroid dienone is 2. The van der Waals surface area contributed by atoms with E-state index in [0.717, 1.165) is 48.8 Å². The summed E-state index contributed by atoms with van der Waals surface area (Å²) < 4.78 is 39.1. The molecular formula is C39H51N5O9S. The molecule has 5 bridgehead atoms. The minimum atomic E-state index is -3.88. The van der Waals surface area contributed by atoms with Crippen molar-refractivity contribution in [2.45, 2.75) is 119 Å². The van der Waals surface area contributed by atoms with Crippen LogP contribution in [0.1, 0.15) is 100 Å². The van der Waals surface area contributed by atoms with Crippen molar-refractivity contribution < 1.29 is 41.9 Å². The SMILES string of the molecule is O=C1NC2CCCCC/C=C\C3CC3(C(=O)NS(=O)(=O)C3CC3)NC(=O)C3CC(COC(=O)N4Cc5cccc(c5C4)/C=C\CCCCCO1)CN3C2=O. The molecule has 3 N–H and O–H groups in total. The molecule has 2 saturated carbocycles. The third kappa shape index (κ3) is 8.61. The van der Waals surface area contributed by atoms with Crippen molar-refractivity contribution in [3.8, 4) is 0 Å². The van der Waals surface area contributed by atoms with E-state index in [1.54, 1.807) is 4.90 Å². The molecule has 2 aliphatic carbocycles. The van der Waals surface area contributed by atoms with Gasteiger partial charge in [-0.3, -0.25) is 24.0 Å². The number of ether oxygens (including phenoxy) is 2. The van der Waals surface area contributed by atoms with Gasteiger partial charge in [-0.2, -0.15) is 0 Å². The van der Waals surface area contributed by atoms with Crippen molar-refractivity contribution in [3.63, 3.8) is 0 Å². The first kappa shape index (κ1) is 37.9. The molecule has 54 heavy (non-hydrogen) atoms. The Labute approximate surface area is 316 Å². The second-order valence-electron chi connectivity index (χ2n) is 15.6. The molecule has 1 aromatic rings. The number of cyclic esters (lactones) is 2. The van der Waals surface area contributed by atoms with Crippen LogP contribution in [0.5, 0.6) is 0 Å². The van der Waals surface area contributed by atoms with E-state index in [1.165, 1.54) is 4.90 Å². The first-order chi connectivity index (χ1) is 26.0. The Bertz CT molecular complexity index is 1810. The summed E-state index contributed by atoms with van der Waals surface area (Å²) in [5.41, 5.74) is 1.69. The van der Waals surface area contributed by atoms with Gasteiger partial charge in [0.1, 0.15) is 17.6 Å². The monoisotopic (exact) mass is 765 g/mol. The van der Waals surface area contributed by atoms with Gasteiger partial charge in [0.05, 0.1) is 25.0 Å². The van der Waals surface area contributed by atoms with Crippen LogP contribution in [0.15, 0.2) is 36.4 Å². The summed E-state index contributed by atoms with van der Waals surface area (Å²) in [6.45, 7) is 1.04. The van der Waals surface area contributed by atoms with Crippen molar-refractivity contribution >= 4 is 46.0 Å². The first-order valence-electron chi connectivity index (χ1n) is 19.5. The van der Waals surface area contributed by atoms with Crippen LogP contribution in [-0.2, 0) is 47.0 Å². The zero-order chi connectivity index (χ0) is 37.9. The molecule has 1 saturated heterocycles. The van der Waals surface area contributed by atoms with Crippen molar-refractivity contribution in [1.29, 1.82) is 0 Å². The molecule has 0 aromatic heterocycles. The molecule has 5 amide bonds. The molecule has 14 nitrogen and oxygen atoms in total. The van der Waals surface area contributed by atoms with E-state index in [-0.39, 0.29) is 32.6 Å². The van der Waals surface area contributed by atoms with E-state index in [4.69, 9.17) is 9.47 Å². The van der Waals surface area contributed by atoms with Gasteiger partial charge >= 0.3 is 12.2 Å². The molecule has 15 heteroatoms. The fourth-order valence-electron chi connectivity index (χ4n) is 8.12. The molecule has 3 fully saturated rings. The summed E-state index contributed by atoms with van der Waals surface area (Å²) in [6.07, 6.45) is 14.6. The number of rotatable bonds is 3. The van der Waals surface area contributed by atoms with Crippen LogP contribution in [0.3, 0.4) is 0 Å². The number of amides is 5. The molecule has 0 spiro atoms. The van der Waals surface area contributed by atoms with Gasteiger partial charge in [0.2, 0.25) is 21.8 Å². The highest BCUT2D eigenvalue weighted by Gasteiger charge is 2.62. The van der Waals surface area contributed by atoms with Gasteiger partial charge in [-0.15, -0.1) is 0 Å². The minimum Gasteiger partial charge on any atom is -0.450 e. The predicted octanol–water partition coefficient (Wildman–Crippen LogP) is 4.04. The Morgan fingerprint density at radius 3 is 2.54 bits per heavy atom. The van der Waals surface area contributed by atoms with Crippen molar-refractivity contribution in [3.05, 3.63) is 53.1 Å². The van der Waals surface area contributed by atoms with Crippen molar-refractivity contribution in [2.75, 3.05) is 19.8 Å². The Kier molecular flexibility index (Phi) is 11.3. The second kappa shape index (κ2) is 16.1. The fourth-order valence-corrected chi connectivity index (χ4v) is 9.49. The van der Waals surface area contributed by atoms with Crippen molar-refractivity contribution in [2.24, 2.45) is 11.8 Å². The molecule has 6 aliphatic rings. The van der Waals surface area contributed by atoms with Gasteiger partial charge < -0.3 is 25.0 Å². The second-order valence-corrected chi connectivity index (χ2v) is 17.6. The van der Waals surface area contributed by atoms with E-state index < -0.39 is 74.6 Å². The van der Waals surface area contributed by atoms with Crippen LogP contribution in [0.4, 0.5) is 9.59 Å². The quantitative estimate of drug-likeness (QED) is 0.383. The number of nitrogens with one attached hydrogen (secondary N) is 3. The van der Waals surface area contributed by atoms with Crippen LogP contribution in [-0.4, -0.2) is 90.8 Å². The number of benzene rings is 1. The standard InChI is InChI=1S/C39H51N5O9S/c45-34-33-20-26-22-44(33)35(46)32(16-9-5-1-4-8-15-29-21-39(29,41-34)36(47)42-54(50,51)30-17-18-30)40-37(48)52-19-10-6-2-3-7-12-27-13-11-14-28-23-43(24-31(27)28)38(49)53-25-26/h7-8,11-15,26,29-30,32-33H,1-6,9-10,16-25H2,(H,40,48)(H,41,45)(H,42,47)/b12-7-,15-8-. The minimum absolute atomic E-state index is 0.0528. The zero-order valence-corrected chi connectivity index (χ0v) is 31.4. The molecule has 0 radical (unpaired) electrons. The van der Waals surface area contributed by atoms with Gasteiger partial charge in [0, 0.05) is 24.9 Å². The Morgan fingerprint density at radius 1 is 0.926 bits per heavy atom. The maximum Gasteiger partial charge on any atom is 0.410 e. The number of sulfonamides is 1. The molecular weight excluding hydrogens is 715 g/mol. The largest absolute Gasteiger partial charge is 0.450 e. The summed E-state index contributed by atoms with van der Waals surface area (Å²) in [5.74, 6) is -2.70. The number of hydrogen-bond donors (Lipinski definition) is 3. The van der Waals surface area contributed by atoms with E-state index >= 15 is 0 Å². The van der Waals surface area contributed by atoms with E-state index in [0.29, 0.717) is 51.6 Å². The van der Waals surface area contributed by atoms with Crippen LogP contribution < -0.4 is 15.4 Å². The predicted molar refractivity (Wildman–Crippen MR) is 198 cm³/mol. The van der Waals surface area contributed by atoms with E-state index in [1.807, 2.05) is 30.4 Å². The lowest BCUT2D eigenvalue weighted by molar-refractivity contribution is -0.141. The maximum absolute atomic E-state index is 14.4. The highest BCUT2D eigenvalue weighted by atomic mass is 32.2. The number of fused-ring (bicyclic) bond motifs is 4. The van der Waals surface area contributed by atoms with Crippen LogP contribution >= 0.6 is 0 Å². The zero-order valence-electron chi connectivity index (χ0n) is 30.6. The van der Waals surface area contributed by atoms with E-state index in [9.17, 15) is 32.4 Å². The van der Waals surface area contributed by atoms with Gasteiger partial charge in [-0.05, 0) is 87.3 Å². The van der Waals surface area contributed by atoms with Crippen LogP contribution in [0, 0.1) is 11.8 Å². The molecule has 5 atom stereocenters. The van der Waals surface area contributed by atoms with Gasteiger partial charge in [-0.1, -0.05) is 55.3 Å². The molecule has 1 aromatic carbocycles. The molecule has 7 rings (SSSR count). The molecule has 4 heterocycles. The number of hydrogen-bond acceptors (Lipinski definition) is 9. The van der Waals surface area contributed by atoms with Crippen LogP contribution in [0.25, 0.3) is 6.08 Å². The van der Waals surface area contributed by atoms with E-state index in [2.05, 4.69) is 27.5 Å². The summed E-state index contributed by atoms with van der Waals surface area (Å²) in [4.78, 5) is 71.8. The lowest BCUT2D eigenvalue weighted by Crippen LogP contribution is -2.58. The third-order valence-corrected chi connectivity index (χ3v) is 13.3. The van der Waals surface area contributed by atoms with Crippen molar-refractivity contribution in [1.82, 2.24) is 25.2 Å². The average molecular weight is 766 g/mol. The summed E-state index contributed by atoms with van der Waals surface area (Å²) in [7, 11) is -3.88. The number of carbonyl (C=O) groups excluding carboxylic acids is 5. The molecule has 5 unspecified atom stereocenters. The maximum atomic E-state index is 14.4. The highest BCUT2D eigenvalue weighted by molar-refractivity contribution is 7.91. The third-order valence-electron chi connectivity index (χ3n) is 11.5. The topological polar surface area (TPSA) is 181 Å². The Morgan fingerprint density at radius 2 is 1.72 bits per heavy atom. The smallest absolute Gasteiger partial charge is 0.410 e. The van der Waals surface area contributed by atoms with Crippen LogP contribution in [0.2, 0.25) is 0 Å². The molecule has 292 valence electrons. The summed E-state index contributed by atoms with van der Waals surface area (Å²) in [5, 5.41) is 5.01. The molecule has 4 aliphatic heterocycles. The fraction of sp³-hybridized carbons (Fsp3) is 0.615. The Hall–Kier alpha value is -4.40. The lowest BCUT2D eigenvalue weighted by atomic mass is 10.0. The summed E-state index contributed by atoms with van der Waals surface area (Å²) >= 11 is 0. The van der Waals surface area contributed by atoms with Gasteiger partial charge in [0.25, 0.3) is 5.91 Å². The average Bonchev–Trinajstić information content (AvgIpc) is 4.03. The first-order valence-corrected chi connectivity index (χ1v) is 21.1. The summed E-state index contributed by atoms with van der Waals surface area (Å²) in [6, 6.07) is 3.99. The lowest BCUT2D eigenvalue weighted by Gasteiger charge is -2.30. The number of carbonyl (C=O) groups is 5. The number of alkyl carbamates (subject to hydrolysis) is 1. The normalized spacial score (nSPS) is 31.2.